The average Bonchev–Trinajstić information content (AvgIpc) is 2.38. The van der Waals surface area contributed by atoms with Crippen molar-refractivity contribution in [2.75, 3.05) is 28.4 Å². The fourth-order valence-corrected chi connectivity index (χ4v) is 1.63. The number of rotatable bonds is 5. The van der Waals surface area contributed by atoms with E-state index in [9.17, 15) is 0 Å². The Hall–Kier alpha value is -1.84. The largest absolute Gasteiger partial charge is 0.496 e. The number of allylic oxidation sites excluding steroid dienone is 1. The molecule has 0 spiro atoms. The van der Waals surface area contributed by atoms with Gasteiger partial charge in [-0.1, -0.05) is 0 Å². The van der Waals surface area contributed by atoms with Crippen molar-refractivity contribution in [3.8, 4) is 17.2 Å². The highest BCUT2D eigenvalue weighted by atomic mass is 16.5. The highest BCUT2D eigenvalue weighted by Gasteiger charge is 2.14. The predicted molar refractivity (Wildman–Crippen MR) is 66.8 cm³/mol. The minimum Gasteiger partial charge on any atom is -0.496 e. The Balaban J connectivity index is 3.36. The van der Waals surface area contributed by atoms with Crippen LogP contribution in [0.15, 0.2) is 18.2 Å². The lowest BCUT2D eigenvalue weighted by atomic mass is 10.1. The minimum atomic E-state index is 0.574. The molecular formula is C13H18O4. The Bertz CT molecular complexity index is 385. The summed E-state index contributed by atoms with van der Waals surface area (Å²) in [4.78, 5) is 0. The molecule has 0 amide bonds. The second kappa shape index (κ2) is 6.03. The zero-order chi connectivity index (χ0) is 12.8. The molecule has 0 bridgehead atoms. The number of hydrogen-bond acceptors (Lipinski definition) is 4. The molecule has 1 rings (SSSR count). The van der Waals surface area contributed by atoms with Crippen LogP contribution in [-0.2, 0) is 4.74 Å². The van der Waals surface area contributed by atoms with Crippen LogP contribution in [0.25, 0.3) is 5.76 Å². The second-order valence-corrected chi connectivity index (χ2v) is 3.27. The molecule has 0 aromatic heterocycles. The molecule has 4 heteroatoms. The van der Waals surface area contributed by atoms with E-state index in [4.69, 9.17) is 18.9 Å². The molecule has 0 fully saturated rings. The first kappa shape index (κ1) is 13.2. The summed E-state index contributed by atoms with van der Waals surface area (Å²) in [6.07, 6.45) is 1.88. The van der Waals surface area contributed by atoms with Gasteiger partial charge in [0, 0.05) is 5.56 Å². The molecule has 17 heavy (non-hydrogen) atoms. The average molecular weight is 238 g/mol. The molecular weight excluding hydrogens is 220 g/mol. The second-order valence-electron chi connectivity index (χ2n) is 3.27. The van der Waals surface area contributed by atoms with Gasteiger partial charge in [0.25, 0.3) is 0 Å². The van der Waals surface area contributed by atoms with Crippen LogP contribution in [-0.4, -0.2) is 28.4 Å². The van der Waals surface area contributed by atoms with Crippen molar-refractivity contribution in [1.29, 1.82) is 0 Å². The molecule has 94 valence electrons. The van der Waals surface area contributed by atoms with Crippen molar-refractivity contribution >= 4 is 5.76 Å². The van der Waals surface area contributed by atoms with Crippen molar-refractivity contribution in [1.82, 2.24) is 0 Å². The lowest BCUT2D eigenvalue weighted by molar-refractivity contribution is 0.323. The first-order valence-corrected chi connectivity index (χ1v) is 5.22. The summed E-state index contributed by atoms with van der Waals surface area (Å²) in [5, 5.41) is 0. The number of benzene rings is 1. The van der Waals surface area contributed by atoms with Crippen LogP contribution in [0.4, 0.5) is 0 Å². The van der Waals surface area contributed by atoms with Gasteiger partial charge >= 0.3 is 0 Å². The zero-order valence-corrected chi connectivity index (χ0v) is 10.9. The number of hydrogen-bond donors (Lipinski definition) is 0. The normalized spacial score (nSPS) is 11.0. The van der Waals surface area contributed by atoms with Crippen LogP contribution in [0.3, 0.4) is 0 Å². The van der Waals surface area contributed by atoms with Crippen molar-refractivity contribution in [2.45, 2.75) is 6.92 Å². The van der Waals surface area contributed by atoms with Gasteiger partial charge in [0.2, 0.25) is 5.75 Å². The quantitative estimate of drug-likeness (QED) is 0.739. The Morgan fingerprint density at radius 2 is 1.47 bits per heavy atom. The lowest BCUT2D eigenvalue weighted by Gasteiger charge is -2.15. The summed E-state index contributed by atoms with van der Waals surface area (Å²) >= 11 is 0. The van der Waals surface area contributed by atoms with Gasteiger partial charge < -0.3 is 18.9 Å². The van der Waals surface area contributed by atoms with Crippen LogP contribution >= 0.6 is 0 Å². The van der Waals surface area contributed by atoms with Gasteiger partial charge in [-0.25, -0.2) is 0 Å². The topological polar surface area (TPSA) is 36.9 Å². The summed E-state index contributed by atoms with van der Waals surface area (Å²) in [6.45, 7) is 1.90. The van der Waals surface area contributed by atoms with Crippen LogP contribution in [0, 0.1) is 0 Å². The standard InChI is InChI=1S/C13H18O4/c1-6-10(14-2)9-7-11(15-3)13(17-5)12(8-9)16-4/h6-8H,1-5H3/b10-6-. The van der Waals surface area contributed by atoms with Gasteiger partial charge in [-0.05, 0) is 25.1 Å². The lowest BCUT2D eigenvalue weighted by Crippen LogP contribution is -1.97. The van der Waals surface area contributed by atoms with Gasteiger partial charge in [0.1, 0.15) is 5.76 Å². The van der Waals surface area contributed by atoms with Crippen molar-refractivity contribution in [2.24, 2.45) is 0 Å². The Morgan fingerprint density at radius 1 is 0.941 bits per heavy atom. The number of methoxy groups -OCH3 is 4. The smallest absolute Gasteiger partial charge is 0.203 e. The predicted octanol–water partition coefficient (Wildman–Crippen LogP) is 2.72. The van der Waals surface area contributed by atoms with E-state index in [0.717, 1.165) is 11.3 Å². The SMILES string of the molecule is C/C=C(\OC)c1cc(OC)c(OC)c(OC)c1. The Labute approximate surface area is 102 Å². The first-order chi connectivity index (χ1) is 8.21. The van der Waals surface area contributed by atoms with Gasteiger partial charge in [-0.3, -0.25) is 0 Å². The summed E-state index contributed by atoms with van der Waals surface area (Å²) in [6, 6.07) is 3.69. The molecule has 0 aliphatic rings. The van der Waals surface area contributed by atoms with Gasteiger partial charge in [0.15, 0.2) is 11.5 Å². The maximum absolute atomic E-state index is 5.27. The highest BCUT2D eigenvalue weighted by Crippen LogP contribution is 2.39. The number of ether oxygens (including phenoxy) is 4. The molecule has 1 aromatic carbocycles. The van der Waals surface area contributed by atoms with Crippen molar-refractivity contribution < 1.29 is 18.9 Å². The molecule has 0 unspecified atom stereocenters. The maximum Gasteiger partial charge on any atom is 0.203 e. The van der Waals surface area contributed by atoms with E-state index in [2.05, 4.69) is 0 Å². The van der Waals surface area contributed by atoms with E-state index in [1.165, 1.54) is 0 Å². The monoisotopic (exact) mass is 238 g/mol. The minimum absolute atomic E-state index is 0.574. The molecule has 0 saturated heterocycles. The van der Waals surface area contributed by atoms with E-state index in [1.807, 2.05) is 25.1 Å². The molecule has 0 aliphatic carbocycles. The molecule has 0 heterocycles. The van der Waals surface area contributed by atoms with Gasteiger partial charge in [0.05, 0.1) is 28.4 Å². The molecule has 0 saturated carbocycles. The molecule has 0 aliphatic heterocycles. The molecule has 4 nitrogen and oxygen atoms in total. The Morgan fingerprint density at radius 3 is 1.76 bits per heavy atom. The third-order valence-electron chi connectivity index (χ3n) is 2.43. The van der Waals surface area contributed by atoms with E-state index in [0.29, 0.717) is 17.2 Å². The molecule has 1 aromatic rings. The molecule has 0 N–H and O–H groups in total. The maximum atomic E-state index is 5.27. The van der Waals surface area contributed by atoms with Crippen LogP contribution in [0.1, 0.15) is 12.5 Å². The third kappa shape index (κ3) is 2.64. The van der Waals surface area contributed by atoms with Crippen LogP contribution in [0.5, 0.6) is 17.2 Å². The molecule has 0 atom stereocenters. The summed E-state index contributed by atoms with van der Waals surface area (Å²) in [7, 11) is 6.37. The fraction of sp³-hybridized carbons (Fsp3) is 0.385. The van der Waals surface area contributed by atoms with Gasteiger partial charge in [-0.15, -0.1) is 0 Å². The zero-order valence-electron chi connectivity index (χ0n) is 10.9. The summed E-state index contributed by atoms with van der Waals surface area (Å²) < 4.78 is 21.1. The Kier molecular flexibility index (Phi) is 4.69. The third-order valence-corrected chi connectivity index (χ3v) is 2.43. The van der Waals surface area contributed by atoms with Crippen LogP contribution in [0.2, 0.25) is 0 Å². The van der Waals surface area contributed by atoms with Crippen LogP contribution < -0.4 is 14.2 Å². The highest BCUT2D eigenvalue weighted by molar-refractivity contribution is 5.67. The van der Waals surface area contributed by atoms with E-state index >= 15 is 0 Å². The van der Waals surface area contributed by atoms with Crippen molar-refractivity contribution in [3.05, 3.63) is 23.8 Å². The van der Waals surface area contributed by atoms with Crippen molar-refractivity contribution in [3.63, 3.8) is 0 Å². The first-order valence-electron chi connectivity index (χ1n) is 5.22. The van der Waals surface area contributed by atoms with Gasteiger partial charge in [-0.2, -0.15) is 0 Å². The van der Waals surface area contributed by atoms with E-state index in [1.54, 1.807) is 28.4 Å². The summed E-state index contributed by atoms with van der Waals surface area (Å²) in [5.74, 6) is 2.55. The fourth-order valence-electron chi connectivity index (χ4n) is 1.63. The molecule has 0 radical (unpaired) electrons. The van der Waals surface area contributed by atoms with E-state index in [-0.39, 0.29) is 0 Å². The summed E-state index contributed by atoms with van der Waals surface area (Å²) in [5.41, 5.74) is 0.879. The van der Waals surface area contributed by atoms with E-state index < -0.39 is 0 Å².